The Morgan fingerprint density at radius 1 is 1.10 bits per heavy atom. The number of benzene rings is 2. The minimum absolute atomic E-state index is 0.0623. The van der Waals surface area contributed by atoms with E-state index in [4.69, 9.17) is 5.73 Å². The lowest BCUT2D eigenvalue weighted by Crippen LogP contribution is -2.42. The molecule has 3 heteroatoms. The number of carbonyl (C=O) groups excluding carboxylic acids is 1. The molecule has 0 aliphatic heterocycles. The standard InChI is InChI=1S/C18H22N2O/c19-18(10-3-4-11-18)12-17(21)20-13-15-8-5-7-14-6-1-2-9-16(14)15/h1-2,5-9H,3-4,10-13,19H2,(H,20,21). The van der Waals surface area contributed by atoms with E-state index in [1.165, 1.54) is 10.8 Å². The molecule has 0 heterocycles. The average molecular weight is 282 g/mol. The molecule has 3 rings (SSSR count). The number of fused-ring (bicyclic) bond motifs is 1. The molecule has 0 bridgehead atoms. The molecular weight excluding hydrogens is 260 g/mol. The number of amides is 1. The van der Waals surface area contributed by atoms with Crippen LogP contribution in [0.5, 0.6) is 0 Å². The molecule has 2 aromatic carbocycles. The maximum absolute atomic E-state index is 12.1. The molecule has 2 aromatic rings. The highest BCUT2D eigenvalue weighted by molar-refractivity contribution is 5.86. The molecule has 0 spiro atoms. The van der Waals surface area contributed by atoms with Crippen LogP contribution in [0, 0.1) is 0 Å². The molecule has 1 saturated carbocycles. The van der Waals surface area contributed by atoms with E-state index < -0.39 is 0 Å². The topological polar surface area (TPSA) is 55.1 Å². The SMILES string of the molecule is NC1(CC(=O)NCc2cccc3ccccc23)CCCC1. The molecule has 0 radical (unpaired) electrons. The molecule has 3 nitrogen and oxygen atoms in total. The van der Waals surface area contributed by atoms with E-state index in [-0.39, 0.29) is 11.4 Å². The quantitative estimate of drug-likeness (QED) is 0.905. The Morgan fingerprint density at radius 2 is 1.81 bits per heavy atom. The molecule has 0 saturated heterocycles. The average Bonchev–Trinajstić information content (AvgIpc) is 2.91. The Bertz CT molecular complexity index is 639. The number of hydrogen-bond acceptors (Lipinski definition) is 2. The molecule has 1 amide bonds. The molecule has 1 fully saturated rings. The maximum atomic E-state index is 12.1. The van der Waals surface area contributed by atoms with Crippen molar-refractivity contribution in [3.05, 3.63) is 48.0 Å². The highest BCUT2D eigenvalue weighted by atomic mass is 16.1. The summed E-state index contributed by atoms with van der Waals surface area (Å²) in [4.78, 5) is 12.1. The van der Waals surface area contributed by atoms with Crippen molar-refractivity contribution in [2.45, 2.75) is 44.2 Å². The van der Waals surface area contributed by atoms with Crippen molar-refractivity contribution in [3.8, 4) is 0 Å². The van der Waals surface area contributed by atoms with Gasteiger partial charge in [-0.2, -0.15) is 0 Å². The summed E-state index contributed by atoms with van der Waals surface area (Å²) >= 11 is 0. The third kappa shape index (κ3) is 3.24. The third-order valence-corrected chi connectivity index (χ3v) is 4.47. The number of hydrogen-bond donors (Lipinski definition) is 2. The smallest absolute Gasteiger partial charge is 0.222 e. The summed E-state index contributed by atoms with van der Waals surface area (Å²) in [6, 6.07) is 14.4. The lowest BCUT2D eigenvalue weighted by molar-refractivity contribution is -0.122. The zero-order valence-electron chi connectivity index (χ0n) is 12.3. The molecule has 3 N–H and O–H groups in total. The summed E-state index contributed by atoms with van der Waals surface area (Å²) in [7, 11) is 0. The minimum atomic E-state index is -0.275. The van der Waals surface area contributed by atoms with Gasteiger partial charge in [0, 0.05) is 18.5 Å². The molecule has 110 valence electrons. The predicted molar refractivity (Wildman–Crippen MR) is 85.8 cm³/mol. The number of carbonyl (C=O) groups is 1. The summed E-state index contributed by atoms with van der Waals surface area (Å²) in [5.74, 6) is 0.0623. The van der Waals surface area contributed by atoms with Gasteiger partial charge < -0.3 is 11.1 Å². The van der Waals surface area contributed by atoms with Crippen LogP contribution in [-0.4, -0.2) is 11.4 Å². The van der Waals surface area contributed by atoms with Crippen LogP contribution in [0.25, 0.3) is 10.8 Å². The van der Waals surface area contributed by atoms with Gasteiger partial charge in [-0.05, 0) is 29.2 Å². The van der Waals surface area contributed by atoms with E-state index in [2.05, 4.69) is 29.6 Å². The summed E-state index contributed by atoms with van der Waals surface area (Å²) in [6.45, 7) is 0.566. The second-order valence-electron chi connectivity index (χ2n) is 6.16. The first-order valence-corrected chi connectivity index (χ1v) is 7.69. The van der Waals surface area contributed by atoms with Crippen molar-refractivity contribution < 1.29 is 4.79 Å². The summed E-state index contributed by atoms with van der Waals surface area (Å²) in [5.41, 5.74) is 7.14. The van der Waals surface area contributed by atoms with E-state index in [1.54, 1.807) is 0 Å². The zero-order chi connectivity index (χ0) is 14.7. The number of nitrogens with one attached hydrogen (secondary N) is 1. The monoisotopic (exact) mass is 282 g/mol. The second kappa shape index (κ2) is 5.86. The molecule has 21 heavy (non-hydrogen) atoms. The van der Waals surface area contributed by atoms with Crippen LogP contribution in [0.3, 0.4) is 0 Å². The molecular formula is C18H22N2O. The Kier molecular flexibility index (Phi) is 3.93. The second-order valence-corrected chi connectivity index (χ2v) is 6.16. The van der Waals surface area contributed by atoms with Gasteiger partial charge in [0.25, 0.3) is 0 Å². The van der Waals surface area contributed by atoms with E-state index in [0.29, 0.717) is 13.0 Å². The first kappa shape index (κ1) is 14.1. The Labute approximate surface area is 125 Å². The van der Waals surface area contributed by atoms with Crippen LogP contribution in [-0.2, 0) is 11.3 Å². The zero-order valence-corrected chi connectivity index (χ0v) is 12.3. The van der Waals surface area contributed by atoms with Gasteiger partial charge in [-0.25, -0.2) is 0 Å². The molecule has 0 unspecified atom stereocenters. The normalized spacial score (nSPS) is 17.0. The van der Waals surface area contributed by atoms with Crippen LogP contribution in [0.15, 0.2) is 42.5 Å². The van der Waals surface area contributed by atoms with Gasteiger partial charge >= 0.3 is 0 Å². The van der Waals surface area contributed by atoms with E-state index in [0.717, 1.165) is 31.2 Å². The Balaban J connectivity index is 1.65. The summed E-state index contributed by atoms with van der Waals surface area (Å²) < 4.78 is 0. The first-order chi connectivity index (χ1) is 10.2. The highest BCUT2D eigenvalue weighted by Gasteiger charge is 2.31. The largest absolute Gasteiger partial charge is 0.352 e. The molecule has 0 aromatic heterocycles. The van der Waals surface area contributed by atoms with Crippen molar-refractivity contribution in [1.82, 2.24) is 5.32 Å². The van der Waals surface area contributed by atoms with Gasteiger partial charge in [0.1, 0.15) is 0 Å². The van der Waals surface area contributed by atoms with E-state index >= 15 is 0 Å². The first-order valence-electron chi connectivity index (χ1n) is 7.69. The Morgan fingerprint density at radius 3 is 2.62 bits per heavy atom. The van der Waals surface area contributed by atoms with Crippen molar-refractivity contribution in [2.24, 2.45) is 5.73 Å². The van der Waals surface area contributed by atoms with Crippen molar-refractivity contribution >= 4 is 16.7 Å². The Hall–Kier alpha value is -1.87. The van der Waals surface area contributed by atoms with Gasteiger partial charge in [-0.15, -0.1) is 0 Å². The molecule has 1 aliphatic rings. The number of nitrogens with two attached hydrogens (primary N) is 1. The summed E-state index contributed by atoms with van der Waals surface area (Å²) in [6.07, 6.45) is 4.67. The van der Waals surface area contributed by atoms with Crippen molar-refractivity contribution in [2.75, 3.05) is 0 Å². The number of rotatable bonds is 4. The fourth-order valence-corrected chi connectivity index (χ4v) is 3.28. The minimum Gasteiger partial charge on any atom is -0.352 e. The van der Waals surface area contributed by atoms with E-state index in [1.807, 2.05) is 18.2 Å². The predicted octanol–water partition coefficient (Wildman–Crippen LogP) is 3.12. The van der Waals surface area contributed by atoms with Gasteiger partial charge in [0.15, 0.2) is 0 Å². The summed E-state index contributed by atoms with van der Waals surface area (Å²) in [5, 5.41) is 5.43. The lowest BCUT2D eigenvalue weighted by Gasteiger charge is -2.22. The van der Waals surface area contributed by atoms with E-state index in [9.17, 15) is 4.79 Å². The highest BCUT2D eigenvalue weighted by Crippen LogP contribution is 2.29. The maximum Gasteiger partial charge on any atom is 0.222 e. The molecule has 1 aliphatic carbocycles. The van der Waals surface area contributed by atoms with Crippen molar-refractivity contribution in [3.63, 3.8) is 0 Å². The van der Waals surface area contributed by atoms with Crippen LogP contribution in [0.4, 0.5) is 0 Å². The van der Waals surface area contributed by atoms with Crippen LogP contribution >= 0.6 is 0 Å². The van der Waals surface area contributed by atoms with Crippen molar-refractivity contribution in [1.29, 1.82) is 0 Å². The lowest BCUT2D eigenvalue weighted by atomic mass is 9.94. The fourth-order valence-electron chi connectivity index (χ4n) is 3.28. The molecule has 0 atom stereocenters. The van der Waals surface area contributed by atoms with Gasteiger partial charge in [0.05, 0.1) is 0 Å². The fraction of sp³-hybridized carbons (Fsp3) is 0.389. The third-order valence-electron chi connectivity index (χ3n) is 4.47. The van der Waals surface area contributed by atoms with Gasteiger partial charge in [-0.3, -0.25) is 4.79 Å². The van der Waals surface area contributed by atoms with Gasteiger partial charge in [0.2, 0.25) is 5.91 Å². The van der Waals surface area contributed by atoms with Crippen LogP contribution in [0.1, 0.15) is 37.7 Å². The van der Waals surface area contributed by atoms with Gasteiger partial charge in [-0.1, -0.05) is 55.3 Å². The van der Waals surface area contributed by atoms with Crippen LogP contribution in [0.2, 0.25) is 0 Å². The van der Waals surface area contributed by atoms with Crippen LogP contribution < -0.4 is 11.1 Å².